The number of aliphatic hydroxyl groups is 2. The molecule has 0 radical (unpaired) electrons. The molecule has 0 amide bonds. The van der Waals surface area contributed by atoms with Crippen LogP contribution in [0.3, 0.4) is 0 Å². The van der Waals surface area contributed by atoms with Crippen LogP contribution in [0, 0.1) is 0 Å². The van der Waals surface area contributed by atoms with Crippen molar-refractivity contribution in [3.63, 3.8) is 0 Å². The molecular weight excluding hydrogens is 825 g/mol. The lowest BCUT2D eigenvalue weighted by Crippen LogP contribution is -2.61. The lowest BCUT2D eigenvalue weighted by molar-refractivity contribution is 0.0823. The maximum Gasteiger partial charge on any atom is 0.228 e. The lowest BCUT2D eigenvalue weighted by atomic mass is 9.77. The molecule has 7 aromatic rings. The van der Waals surface area contributed by atoms with E-state index in [0.717, 1.165) is 78.8 Å². The van der Waals surface area contributed by atoms with Crippen LogP contribution in [0.5, 0.6) is 23.0 Å². The van der Waals surface area contributed by atoms with Gasteiger partial charge in [0.15, 0.2) is 0 Å². The van der Waals surface area contributed by atoms with Gasteiger partial charge >= 0.3 is 0 Å². The number of ether oxygens (including phenoxy) is 4. The monoisotopic (exact) mass is 878 g/mol. The van der Waals surface area contributed by atoms with Crippen LogP contribution >= 0.6 is 0 Å². The number of rotatable bonds is 8. The van der Waals surface area contributed by atoms with E-state index in [0.29, 0.717) is 13.2 Å². The van der Waals surface area contributed by atoms with Gasteiger partial charge in [-0.05, 0) is 96.8 Å². The van der Waals surface area contributed by atoms with Gasteiger partial charge in [-0.25, -0.2) is 0 Å². The second kappa shape index (κ2) is 16.4. The van der Waals surface area contributed by atoms with Gasteiger partial charge in [0.05, 0.1) is 36.5 Å². The van der Waals surface area contributed by atoms with Gasteiger partial charge in [0, 0.05) is 43.0 Å². The molecule has 0 aliphatic carbocycles. The summed E-state index contributed by atoms with van der Waals surface area (Å²) in [6, 6.07) is 48.6. The molecule has 66 heavy (non-hydrogen) atoms. The van der Waals surface area contributed by atoms with Crippen molar-refractivity contribution < 1.29 is 29.2 Å². The zero-order valence-electron chi connectivity index (χ0n) is 38.2. The highest BCUT2D eigenvalue weighted by molar-refractivity contribution is 6.00. The van der Waals surface area contributed by atoms with E-state index in [2.05, 4.69) is 137 Å². The lowest BCUT2D eigenvalue weighted by Gasteiger charge is -2.44. The Morgan fingerprint density at radius 3 is 1.68 bits per heavy atom. The molecule has 0 saturated carbocycles. The summed E-state index contributed by atoms with van der Waals surface area (Å²) in [5.74, 6) is 3.07. The van der Waals surface area contributed by atoms with Gasteiger partial charge in [0.1, 0.15) is 47.6 Å². The highest BCUT2D eigenvalue weighted by atomic mass is 16.5. The van der Waals surface area contributed by atoms with Crippen molar-refractivity contribution in [2.45, 2.75) is 76.4 Å². The molecule has 2 atom stereocenters. The third-order valence-electron chi connectivity index (χ3n) is 14.0. The van der Waals surface area contributed by atoms with Crippen molar-refractivity contribution in [1.82, 2.24) is 0 Å². The first-order valence-electron chi connectivity index (χ1n) is 22.4. The minimum atomic E-state index is -0.777. The van der Waals surface area contributed by atoms with Gasteiger partial charge in [-0.1, -0.05) is 103 Å². The Balaban J connectivity index is 0.000000455. The van der Waals surface area contributed by atoms with Crippen LogP contribution in [-0.4, -0.2) is 48.2 Å². The van der Waals surface area contributed by atoms with Crippen LogP contribution < -0.4 is 28.7 Å². The zero-order chi connectivity index (χ0) is 45.8. The minimum absolute atomic E-state index is 0.0612. The van der Waals surface area contributed by atoms with E-state index in [9.17, 15) is 0 Å². The molecule has 10 heteroatoms. The Hall–Kier alpha value is -7.14. The summed E-state index contributed by atoms with van der Waals surface area (Å²) in [7, 11) is 4.15. The molecule has 10 nitrogen and oxygen atoms in total. The molecule has 0 fully saturated rings. The van der Waals surface area contributed by atoms with Gasteiger partial charge in [0.2, 0.25) is 11.4 Å². The summed E-state index contributed by atoms with van der Waals surface area (Å²) in [6.45, 7) is 9.86. The van der Waals surface area contributed by atoms with E-state index >= 15 is 0 Å². The third-order valence-corrected chi connectivity index (χ3v) is 14.0. The van der Waals surface area contributed by atoms with Gasteiger partial charge in [-0.15, -0.1) is 0 Å². The second-order valence-corrected chi connectivity index (χ2v) is 18.5. The molecule has 11 rings (SSSR count). The van der Waals surface area contributed by atoms with Gasteiger partial charge in [-0.2, -0.15) is 0 Å². The van der Waals surface area contributed by atoms with E-state index in [4.69, 9.17) is 39.1 Å². The number of para-hydroxylation sites is 1. The van der Waals surface area contributed by atoms with E-state index in [-0.39, 0.29) is 24.0 Å². The molecule has 0 bridgehead atoms. The number of nitrogens with zero attached hydrogens (tertiary/aromatic N) is 4. The van der Waals surface area contributed by atoms with Crippen molar-refractivity contribution in [2.24, 2.45) is 9.98 Å². The smallest absolute Gasteiger partial charge is 0.228 e. The number of anilines is 2. The molecule has 4 aliphatic rings. The summed E-state index contributed by atoms with van der Waals surface area (Å²) in [4.78, 5) is 14.3. The van der Waals surface area contributed by atoms with Gasteiger partial charge < -0.3 is 39.0 Å². The Bertz CT molecular complexity index is 3000. The molecule has 4 aliphatic heterocycles. The van der Waals surface area contributed by atoms with Crippen molar-refractivity contribution in [2.75, 3.05) is 23.9 Å². The van der Waals surface area contributed by atoms with E-state index in [1.54, 1.807) is 24.3 Å². The van der Waals surface area contributed by atoms with Crippen molar-refractivity contribution in [3.8, 4) is 23.0 Å². The molecule has 2 spiro atoms. The number of hydrogen-bond donors (Lipinski definition) is 2. The summed E-state index contributed by atoms with van der Waals surface area (Å²) in [6.07, 6.45) is 3.92. The van der Waals surface area contributed by atoms with E-state index in [1.165, 1.54) is 11.1 Å². The first-order chi connectivity index (χ1) is 31.9. The second-order valence-electron chi connectivity index (χ2n) is 18.5. The zero-order valence-corrected chi connectivity index (χ0v) is 38.2. The van der Waals surface area contributed by atoms with Crippen molar-refractivity contribution >= 4 is 46.0 Å². The third kappa shape index (κ3) is 6.94. The van der Waals surface area contributed by atoms with Crippen molar-refractivity contribution in [1.29, 1.82) is 0 Å². The molecule has 2 N–H and O–H groups in total. The fourth-order valence-corrected chi connectivity index (χ4v) is 9.91. The van der Waals surface area contributed by atoms with E-state index in [1.807, 2.05) is 48.8 Å². The minimum Gasteiger partial charge on any atom is -0.489 e. The predicted octanol–water partition coefficient (Wildman–Crippen LogP) is 11.1. The fraction of sp³-hybridized carbons (Fsp3) is 0.250. The number of likely N-dealkylation sites (N-methyl/N-ethyl adjacent to an activating group) is 2. The summed E-state index contributed by atoms with van der Waals surface area (Å²) >= 11 is 0. The first-order valence-corrected chi connectivity index (χ1v) is 22.4. The quantitative estimate of drug-likeness (QED) is 0.155. The molecule has 0 saturated heterocycles. The Morgan fingerprint density at radius 1 is 0.515 bits per heavy atom. The predicted molar refractivity (Wildman–Crippen MR) is 263 cm³/mol. The van der Waals surface area contributed by atoms with Crippen LogP contribution in [0.25, 0.3) is 10.8 Å². The topological polar surface area (TPSA) is 109 Å². The van der Waals surface area contributed by atoms with Crippen LogP contribution in [0.15, 0.2) is 156 Å². The van der Waals surface area contributed by atoms with Gasteiger partial charge in [0.25, 0.3) is 0 Å². The van der Waals surface area contributed by atoms with Crippen LogP contribution in [0.4, 0.5) is 22.7 Å². The molecular formula is C56H54N4O6. The number of fused-ring (bicyclic) bond motifs is 6. The standard InChI is InChI=1S/C48H44N4O4.C8H10O2/c1-45(2)37-13-9-10-14-40(37)51(5)47(45)29-49-39-25-34(21-24-42(39)55-47)53-27-31-15-17-32(18-16-31)28-54-35-20-22-38-41(26-35)52(6)48(46(38,3)4)30-50-44-36-12-8-7-11-33(36)19-23-43(44)56-48;9-5-7-1-2-8(6-10)4-3-7/h7-26,29-30H,27-28H2,1-6H3;1-4,9-10H,5-6H2. The number of aliphatic imine (C=N–C) groups is 2. The molecule has 4 heterocycles. The first kappa shape index (κ1) is 42.8. The number of aliphatic hydroxyl groups excluding tert-OH is 2. The average molecular weight is 879 g/mol. The Labute approximate surface area is 386 Å². The van der Waals surface area contributed by atoms with E-state index < -0.39 is 11.4 Å². The van der Waals surface area contributed by atoms with Crippen LogP contribution in [0.2, 0.25) is 0 Å². The van der Waals surface area contributed by atoms with Gasteiger partial charge in [-0.3, -0.25) is 9.98 Å². The number of hydrogen-bond acceptors (Lipinski definition) is 10. The maximum absolute atomic E-state index is 8.64. The summed E-state index contributed by atoms with van der Waals surface area (Å²) < 4.78 is 26.2. The van der Waals surface area contributed by atoms with Crippen molar-refractivity contribution in [3.05, 3.63) is 179 Å². The van der Waals surface area contributed by atoms with Crippen LogP contribution in [-0.2, 0) is 37.3 Å². The summed E-state index contributed by atoms with van der Waals surface area (Å²) in [5.41, 5.74) is 8.01. The summed E-state index contributed by atoms with van der Waals surface area (Å²) in [5, 5.41) is 19.5. The van der Waals surface area contributed by atoms with Crippen LogP contribution in [0.1, 0.15) is 61.1 Å². The molecule has 334 valence electrons. The Morgan fingerprint density at radius 2 is 1.03 bits per heavy atom. The average Bonchev–Trinajstić information content (AvgIpc) is 3.61. The molecule has 2 unspecified atom stereocenters. The molecule has 7 aromatic carbocycles. The highest BCUT2D eigenvalue weighted by Gasteiger charge is 2.60. The number of benzene rings is 7. The Kier molecular flexibility index (Phi) is 10.6. The highest BCUT2D eigenvalue weighted by Crippen LogP contribution is 2.56. The maximum atomic E-state index is 8.64. The molecule has 0 aromatic heterocycles. The normalized spacial score (nSPS) is 19.9. The fourth-order valence-electron chi connectivity index (χ4n) is 9.91. The SMILES string of the molecule is CN1c2ccccc2C(C)(C)C12C=Nc1cc(OCc3ccc(COc4ccc5c(c4)N(C)C4(C=Nc6c(ccc7ccccc67)O4)C5(C)C)cc3)ccc1O2.OCc1ccc(CO)cc1. The largest absolute Gasteiger partial charge is 0.489 e.